The van der Waals surface area contributed by atoms with Crippen molar-refractivity contribution in [2.75, 3.05) is 25.0 Å². The number of nitrogens with one attached hydrogen (secondary N) is 2. The van der Waals surface area contributed by atoms with Gasteiger partial charge in [-0.25, -0.2) is 0 Å². The number of hydrogen-bond donors (Lipinski definition) is 2. The Hall–Kier alpha value is -1.13. The Morgan fingerprint density at radius 3 is 2.87 bits per heavy atom. The molecule has 0 amide bonds. The van der Waals surface area contributed by atoms with Crippen molar-refractivity contribution in [3.63, 3.8) is 0 Å². The van der Waals surface area contributed by atoms with Gasteiger partial charge in [-0.3, -0.25) is 0 Å². The molecule has 2 rings (SSSR count). The van der Waals surface area contributed by atoms with Crippen LogP contribution in [0.4, 0.5) is 5.69 Å². The first-order chi connectivity index (χ1) is 11.1. The van der Waals surface area contributed by atoms with Gasteiger partial charge >= 0.3 is 0 Å². The standard InChI is InChI=1S/C19H31N3S/c1-4-17-8-5-6-12-22(17)13-7-11-20-19(23)21-18-10-9-15(2)14-16(18)3/h9-10,14,17H,4-8,11-13H2,1-3H3,(H2,20,21,23)/t17-/m1/s1. The van der Waals surface area contributed by atoms with Gasteiger partial charge in [0.15, 0.2) is 5.11 Å². The summed E-state index contributed by atoms with van der Waals surface area (Å²) in [6.45, 7) is 9.91. The van der Waals surface area contributed by atoms with Gasteiger partial charge in [0.05, 0.1) is 0 Å². The van der Waals surface area contributed by atoms with Gasteiger partial charge in [0, 0.05) is 24.8 Å². The molecular weight excluding hydrogens is 302 g/mol. The monoisotopic (exact) mass is 333 g/mol. The van der Waals surface area contributed by atoms with E-state index in [9.17, 15) is 0 Å². The smallest absolute Gasteiger partial charge is 0.170 e. The molecule has 1 aliphatic heterocycles. The zero-order chi connectivity index (χ0) is 16.7. The molecule has 1 saturated heterocycles. The maximum Gasteiger partial charge on any atom is 0.170 e. The zero-order valence-corrected chi connectivity index (χ0v) is 15.6. The lowest BCUT2D eigenvalue weighted by atomic mass is 10.00. The molecule has 2 N–H and O–H groups in total. The van der Waals surface area contributed by atoms with E-state index in [2.05, 4.69) is 54.5 Å². The Morgan fingerprint density at radius 1 is 1.30 bits per heavy atom. The molecule has 0 radical (unpaired) electrons. The lowest BCUT2D eigenvalue weighted by Gasteiger charge is -2.35. The van der Waals surface area contributed by atoms with E-state index < -0.39 is 0 Å². The van der Waals surface area contributed by atoms with Crippen LogP contribution in [0.5, 0.6) is 0 Å². The fraction of sp³-hybridized carbons (Fsp3) is 0.632. The quantitative estimate of drug-likeness (QED) is 0.601. The van der Waals surface area contributed by atoms with E-state index in [4.69, 9.17) is 12.2 Å². The van der Waals surface area contributed by atoms with Crippen LogP contribution in [-0.4, -0.2) is 35.7 Å². The normalized spacial score (nSPS) is 18.7. The Morgan fingerprint density at radius 2 is 2.13 bits per heavy atom. The summed E-state index contributed by atoms with van der Waals surface area (Å²) in [4.78, 5) is 2.66. The minimum Gasteiger partial charge on any atom is -0.362 e. The van der Waals surface area contributed by atoms with Crippen LogP contribution in [-0.2, 0) is 0 Å². The third-order valence-electron chi connectivity index (χ3n) is 4.76. The van der Waals surface area contributed by atoms with Gasteiger partial charge in [0.1, 0.15) is 0 Å². The summed E-state index contributed by atoms with van der Waals surface area (Å²) in [6, 6.07) is 7.17. The molecule has 1 atom stereocenters. The van der Waals surface area contributed by atoms with Crippen LogP contribution in [0.1, 0.15) is 50.2 Å². The summed E-state index contributed by atoms with van der Waals surface area (Å²) in [5.41, 5.74) is 3.60. The van der Waals surface area contributed by atoms with E-state index >= 15 is 0 Å². The van der Waals surface area contributed by atoms with E-state index in [1.54, 1.807) is 0 Å². The molecule has 3 nitrogen and oxygen atoms in total. The summed E-state index contributed by atoms with van der Waals surface area (Å²) < 4.78 is 0. The second-order valence-electron chi connectivity index (χ2n) is 6.65. The van der Waals surface area contributed by atoms with Gasteiger partial charge < -0.3 is 15.5 Å². The van der Waals surface area contributed by atoms with Crippen molar-refractivity contribution < 1.29 is 0 Å². The Bertz CT molecular complexity index is 515. The number of aryl methyl sites for hydroxylation is 2. The highest BCUT2D eigenvalue weighted by atomic mass is 32.1. The van der Waals surface area contributed by atoms with Gasteiger partial charge in [-0.05, 0) is 69.9 Å². The fourth-order valence-electron chi connectivity index (χ4n) is 3.42. The van der Waals surface area contributed by atoms with Crippen molar-refractivity contribution in [2.24, 2.45) is 0 Å². The highest BCUT2D eigenvalue weighted by Crippen LogP contribution is 2.19. The molecule has 128 valence electrons. The molecule has 1 aliphatic rings. The van der Waals surface area contributed by atoms with Crippen molar-refractivity contribution in [1.82, 2.24) is 10.2 Å². The Kier molecular flexibility index (Phi) is 7.31. The highest BCUT2D eigenvalue weighted by Gasteiger charge is 2.19. The molecule has 1 aromatic carbocycles. The first kappa shape index (κ1) is 18.2. The van der Waals surface area contributed by atoms with Gasteiger partial charge in [-0.1, -0.05) is 31.0 Å². The van der Waals surface area contributed by atoms with Crippen LogP contribution in [0.2, 0.25) is 0 Å². The molecule has 4 heteroatoms. The lowest BCUT2D eigenvalue weighted by molar-refractivity contribution is 0.143. The molecule has 0 saturated carbocycles. The molecule has 0 unspecified atom stereocenters. The largest absolute Gasteiger partial charge is 0.362 e. The number of nitrogens with zero attached hydrogens (tertiary/aromatic N) is 1. The molecular formula is C19H31N3S. The lowest BCUT2D eigenvalue weighted by Crippen LogP contribution is -2.41. The average Bonchev–Trinajstić information content (AvgIpc) is 2.54. The van der Waals surface area contributed by atoms with E-state index in [-0.39, 0.29) is 0 Å². The van der Waals surface area contributed by atoms with E-state index in [1.165, 1.54) is 49.9 Å². The number of hydrogen-bond acceptors (Lipinski definition) is 2. The van der Waals surface area contributed by atoms with Gasteiger partial charge in [-0.2, -0.15) is 0 Å². The predicted molar refractivity (Wildman–Crippen MR) is 104 cm³/mol. The number of anilines is 1. The third-order valence-corrected chi connectivity index (χ3v) is 5.00. The van der Waals surface area contributed by atoms with Crippen molar-refractivity contribution in [3.05, 3.63) is 29.3 Å². The predicted octanol–water partition coefficient (Wildman–Crippen LogP) is 4.24. The van der Waals surface area contributed by atoms with Gasteiger partial charge in [-0.15, -0.1) is 0 Å². The van der Waals surface area contributed by atoms with Crippen molar-refractivity contribution >= 4 is 23.0 Å². The van der Waals surface area contributed by atoms with Crippen molar-refractivity contribution in [3.8, 4) is 0 Å². The van der Waals surface area contributed by atoms with Gasteiger partial charge in [0.25, 0.3) is 0 Å². The molecule has 0 spiro atoms. The van der Waals surface area contributed by atoms with E-state index in [0.29, 0.717) is 0 Å². The van der Waals surface area contributed by atoms with Gasteiger partial charge in [0.2, 0.25) is 0 Å². The number of piperidine rings is 1. The Labute approximate surface area is 146 Å². The molecule has 1 heterocycles. The van der Waals surface area contributed by atoms with Crippen LogP contribution >= 0.6 is 12.2 Å². The molecule has 0 aliphatic carbocycles. The molecule has 0 aromatic heterocycles. The van der Waals surface area contributed by atoms with Crippen LogP contribution in [0.15, 0.2) is 18.2 Å². The zero-order valence-electron chi connectivity index (χ0n) is 14.8. The number of benzene rings is 1. The third kappa shape index (κ3) is 5.78. The maximum absolute atomic E-state index is 5.41. The first-order valence-electron chi connectivity index (χ1n) is 8.96. The summed E-state index contributed by atoms with van der Waals surface area (Å²) in [6.07, 6.45) is 6.55. The summed E-state index contributed by atoms with van der Waals surface area (Å²) in [5.74, 6) is 0. The fourth-order valence-corrected chi connectivity index (χ4v) is 3.63. The SMILES string of the molecule is CC[C@@H]1CCCCN1CCCNC(=S)Nc1ccc(C)cc1C. The minimum atomic E-state index is 0.725. The van der Waals surface area contributed by atoms with E-state index in [1.807, 2.05) is 0 Å². The summed E-state index contributed by atoms with van der Waals surface area (Å²) in [7, 11) is 0. The number of thiocarbonyl (C=S) groups is 1. The highest BCUT2D eigenvalue weighted by molar-refractivity contribution is 7.80. The maximum atomic E-state index is 5.41. The minimum absolute atomic E-state index is 0.725. The number of likely N-dealkylation sites (tertiary alicyclic amines) is 1. The van der Waals surface area contributed by atoms with Crippen LogP contribution in [0.3, 0.4) is 0 Å². The van der Waals surface area contributed by atoms with Crippen molar-refractivity contribution in [2.45, 2.75) is 58.9 Å². The second-order valence-corrected chi connectivity index (χ2v) is 7.05. The summed E-state index contributed by atoms with van der Waals surface area (Å²) in [5, 5.41) is 7.37. The van der Waals surface area contributed by atoms with E-state index in [0.717, 1.165) is 29.8 Å². The Balaban J connectivity index is 1.68. The first-order valence-corrected chi connectivity index (χ1v) is 9.37. The molecule has 0 bridgehead atoms. The molecule has 23 heavy (non-hydrogen) atoms. The van der Waals surface area contributed by atoms with Crippen LogP contribution in [0, 0.1) is 13.8 Å². The van der Waals surface area contributed by atoms with Crippen LogP contribution < -0.4 is 10.6 Å². The second kappa shape index (κ2) is 9.24. The number of rotatable bonds is 6. The van der Waals surface area contributed by atoms with Crippen LogP contribution in [0.25, 0.3) is 0 Å². The topological polar surface area (TPSA) is 27.3 Å². The molecule has 1 aromatic rings. The van der Waals surface area contributed by atoms with Crippen molar-refractivity contribution in [1.29, 1.82) is 0 Å². The average molecular weight is 334 g/mol. The molecule has 1 fully saturated rings. The summed E-state index contributed by atoms with van der Waals surface area (Å²) >= 11 is 5.41.